The Morgan fingerprint density at radius 1 is 1.18 bits per heavy atom. The smallest absolute Gasteiger partial charge is 0.277 e. The molecule has 0 fully saturated rings. The van der Waals surface area contributed by atoms with E-state index in [1.165, 1.54) is 0 Å². The molecule has 0 aliphatic heterocycles. The maximum Gasteiger partial charge on any atom is 0.277 e. The number of aromatic hydroxyl groups is 1. The molecule has 0 unspecified atom stereocenters. The van der Waals surface area contributed by atoms with Crippen molar-refractivity contribution in [3.63, 3.8) is 0 Å². The van der Waals surface area contributed by atoms with Crippen LogP contribution in [0.1, 0.15) is 18.1 Å². The molecular formula is C17H18N2O3. The van der Waals surface area contributed by atoms with Gasteiger partial charge in [0.1, 0.15) is 11.5 Å². The summed E-state index contributed by atoms with van der Waals surface area (Å²) in [7, 11) is 0. The number of carbonyl (C=O) groups excluding carboxylic acids is 1. The molecule has 1 amide bonds. The van der Waals surface area contributed by atoms with Crippen molar-refractivity contribution in [3.8, 4) is 11.5 Å². The van der Waals surface area contributed by atoms with Crippen LogP contribution >= 0.6 is 0 Å². The van der Waals surface area contributed by atoms with Crippen LogP contribution in [0.2, 0.25) is 0 Å². The summed E-state index contributed by atoms with van der Waals surface area (Å²) in [5, 5.41) is 13.2. The third kappa shape index (κ3) is 4.34. The highest BCUT2D eigenvalue weighted by Gasteiger charge is 2.04. The largest absolute Gasteiger partial charge is 0.508 e. The van der Waals surface area contributed by atoms with Gasteiger partial charge in [-0.05, 0) is 55.3 Å². The number of rotatable bonds is 5. The van der Waals surface area contributed by atoms with Gasteiger partial charge >= 0.3 is 0 Å². The van der Waals surface area contributed by atoms with E-state index in [4.69, 9.17) is 4.74 Å². The zero-order valence-corrected chi connectivity index (χ0v) is 12.5. The first-order valence-electron chi connectivity index (χ1n) is 6.87. The van der Waals surface area contributed by atoms with Gasteiger partial charge in [0.25, 0.3) is 5.91 Å². The minimum atomic E-state index is -0.332. The van der Waals surface area contributed by atoms with E-state index in [1.807, 2.05) is 31.2 Å². The molecule has 0 atom stereocenters. The predicted molar refractivity (Wildman–Crippen MR) is 85.1 cm³/mol. The van der Waals surface area contributed by atoms with E-state index in [1.54, 1.807) is 31.2 Å². The van der Waals surface area contributed by atoms with Crippen molar-refractivity contribution in [1.29, 1.82) is 0 Å². The van der Waals surface area contributed by atoms with E-state index < -0.39 is 0 Å². The number of amides is 1. The summed E-state index contributed by atoms with van der Waals surface area (Å²) < 4.78 is 5.44. The molecule has 0 saturated carbocycles. The number of hydrazone groups is 1. The number of carbonyl (C=O) groups is 1. The van der Waals surface area contributed by atoms with Gasteiger partial charge < -0.3 is 9.84 Å². The molecule has 2 aromatic carbocycles. The number of hydrogen-bond donors (Lipinski definition) is 2. The van der Waals surface area contributed by atoms with Crippen LogP contribution in [0, 0.1) is 6.92 Å². The summed E-state index contributed by atoms with van der Waals surface area (Å²) in [6, 6.07) is 14.1. The van der Waals surface area contributed by atoms with E-state index in [2.05, 4.69) is 10.5 Å². The average Bonchev–Trinajstić information content (AvgIpc) is 2.52. The Bertz CT molecular complexity index is 679. The normalized spacial score (nSPS) is 11.1. The fourth-order valence-electron chi connectivity index (χ4n) is 1.81. The van der Waals surface area contributed by atoms with E-state index in [9.17, 15) is 9.90 Å². The molecule has 0 aromatic heterocycles. The van der Waals surface area contributed by atoms with Gasteiger partial charge in [-0.3, -0.25) is 4.79 Å². The highest BCUT2D eigenvalue weighted by atomic mass is 16.5. The predicted octanol–water partition coefficient (Wildman–Crippen LogP) is 2.62. The van der Waals surface area contributed by atoms with Crippen molar-refractivity contribution in [2.45, 2.75) is 13.8 Å². The number of phenolic OH excluding ortho intramolecular Hbond substituents is 1. The Morgan fingerprint density at radius 3 is 2.55 bits per heavy atom. The number of nitrogens with one attached hydrogen (secondary N) is 1. The zero-order valence-electron chi connectivity index (χ0n) is 12.5. The van der Waals surface area contributed by atoms with Crippen LogP contribution in [0.4, 0.5) is 0 Å². The molecule has 0 aliphatic carbocycles. The number of benzene rings is 2. The van der Waals surface area contributed by atoms with Gasteiger partial charge in [-0.15, -0.1) is 0 Å². The number of nitrogens with zero attached hydrogens (tertiary/aromatic N) is 1. The Kier molecular flexibility index (Phi) is 5.14. The Labute approximate surface area is 129 Å². The van der Waals surface area contributed by atoms with E-state index in [-0.39, 0.29) is 18.3 Å². The van der Waals surface area contributed by atoms with Crippen molar-refractivity contribution >= 4 is 11.6 Å². The molecule has 0 spiro atoms. The average molecular weight is 298 g/mol. The van der Waals surface area contributed by atoms with Crippen LogP contribution in [0.3, 0.4) is 0 Å². The summed E-state index contributed by atoms with van der Waals surface area (Å²) in [5.74, 6) is 0.533. The van der Waals surface area contributed by atoms with E-state index in [0.29, 0.717) is 11.5 Å². The molecule has 0 radical (unpaired) electrons. The van der Waals surface area contributed by atoms with Crippen LogP contribution in [-0.2, 0) is 4.79 Å². The van der Waals surface area contributed by atoms with Gasteiger partial charge in [0.2, 0.25) is 0 Å². The van der Waals surface area contributed by atoms with Crippen molar-refractivity contribution in [2.24, 2.45) is 5.10 Å². The van der Waals surface area contributed by atoms with Crippen molar-refractivity contribution in [3.05, 3.63) is 59.7 Å². The molecule has 114 valence electrons. The van der Waals surface area contributed by atoms with Gasteiger partial charge in [-0.1, -0.05) is 18.2 Å². The summed E-state index contributed by atoms with van der Waals surface area (Å²) in [6.45, 7) is 3.59. The van der Waals surface area contributed by atoms with E-state index >= 15 is 0 Å². The highest BCUT2D eigenvalue weighted by Crippen LogP contribution is 2.15. The van der Waals surface area contributed by atoms with Crippen molar-refractivity contribution in [2.75, 3.05) is 6.61 Å². The Hall–Kier alpha value is -2.82. The van der Waals surface area contributed by atoms with E-state index in [0.717, 1.165) is 11.1 Å². The zero-order chi connectivity index (χ0) is 15.9. The molecule has 0 bridgehead atoms. The molecule has 5 nitrogen and oxygen atoms in total. The molecule has 22 heavy (non-hydrogen) atoms. The summed E-state index contributed by atoms with van der Waals surface area (Å²) in [4.78, 5) is 11.7. The third-order valence-electron chi connectivity index (χ3n) is 3.09. The SMILES string of the molecule is C/C(=N\NC(=O)COc1ccccc1C)c1ccc(O)cc1. The lowest BCUT2D eigenvalue weighted by atomic mass is 10.1. The number of para-hydroxylation sites is 1. The van der Waals surface area contributed by atoms with Gasteiger partial charge in [-0.25, -0.2) is 5.43 Å². The molecule has 0 heterocycles. The second-order valence-electron chi connectivity index (χ2n) is 4.83. The Balaban J connectivity index is 1.88. The minimum absolute atomic E-state index is 0.1000. The molecule has 0 aliphatic rings. The minimum Gasteiger partial charge on any atom is -0.508 e. The molecule has 5 heteroatoms. The van der Waals surface area contributed by atoms with Gasteiger partial charge in [0.15, 0.2) is 6.61 Å². The van der Waals surface area contributed by atoms with Gasteiger partial charge in [-0.2, -0.15) is 5.10 Å². The first kappa shape index (κ1) is 15.6. The standard InChI is InChI=1S/C17H18N2O3/c1-12-5-3-4-6-16(12)22-11-17(21)19-18-13(2)14-7-9-15(20)10-8-14/h3-10,20H,11H2,1-2H3,(H,19,21)/b18-13+. The number of phenols is 1. The van der Waals surface area contributed by atoms with Crippen LogP contribution < -0.4 is 10.2 Å². The third-order valence-corrected chi connectivity index (χ3v) is 3.09. The lowest BCUT2D eigenvalue weighted by Gasteiger charge is -2.08. The van der Waals surface area contributed by atoms with Crippen LogP contribution in [0.5, 0.6) is 11.5 Å². The highest BCUT2D eigenvalue weighted by molar-refractivity contribution is 5.99. The van der Waals surface area contributed by atoms with Crippen LogP contribution in [-0.4, -0.2) is 23.3 Å². The lowest BCUT2D eigenvalue weighted by Crippen LogP contribution is -2.25. The summed E-state index contributed by atoms with van der Waals surface area (Å²) in [5.41, 5.74) is 4.88. The fraction of sp³-hybridized carbons (Fsp3) is 0.176. The number of aryl methyl sites for hydroxylation is 1. The second-order valence-corrected chi connectivity index (χ2v) is 4.83. The summed E-state index contributed by atoms with van der Waals surface area (Å²) >= 11 is 0. The first-order valence-corrected chi connectivity index (χ1v) is 6.87. The monoisotopic (exact) mass is 298 g/mol. The maximum atomic E-state index is 11.7. The van der Waals surface area contributed by atoms with Gasteiger partial charge in [0, 0.05) is 0 Å². The maximum absolute atomic E-state index is 11.7. The van der Waals surface area contributed by atoms with Crippen molar-refractivity contribution < 1.29 is 14.6 Å². The lowest BCUT2D eigenvalue weighted by molar-refractivity contribution is -0.123. The van der Waals surface area contributed by atoms with Gasteiger partial charge in [0.05, 0.1) is 5.71 Å². The molecular weight excluding hydrogens is 280 g/mol. The van der Waals surface area contributed by atoms with Crippen LogP contribution in [0.25, 0.3) is 0 Å². The number of ether oxygens (including phenoxy) is 1. The molecule has 2 rings (SSSR count). The van der Waals surface area contributed by atoms with Crippen molar-refractivity contribution in [1.82, 2.24) is 5.43 Å². The topological polar surface area (TPSA) is 70.9 Å². The first-order chi connectivity index (χ1) is 10.6. The van der Waals surface area contributed by atoms with Crippen LogP contribution in [0.15, 0.2) is 53.6 Å². The fourth-order valence-corrected chi connectivity index (χ4v) is 1.81. The molecule has 0 saturated heterocycles. The molecule has 2 aromatic rings. The summed E-state index contributed by atoms with van der Waals surface area (Å²) in [6.07, 6.45) is 0. The molecule has 2 N–H and O–H groups in total. The number of hydrogen-bond acceptors (Lipinski definition) is 4. The Morgan fingerprint density at radius 2 is 1.86 bits per heavy atom. The quantitative estimate of drug-likeness (QED) is 0.658. The second kappa shape index (κ2) is 7.26.